The highest BCUT2D eigenvalue weighted by atomic mass is 16.5. The van der Waals surface area contributed by atoms with E-state index >= 15 is 0 Å². The van der Waals surface area contributed by atoms with Crippen LogP contribution in [0.1, 0.15) is 0 Å². The largest absolute Gasteiger partial charge is 0.467 e. The molecular weight excluding hydrogens is 304 g/mol. The van der Waals surface area contributed by atoms with E-state index in [0.717, 1.165) is 4.68 Å². The van der Waals surface area contributed by atoms with E-state index in [9.17, 15) is 4.79 Å². The number of rotatable bonds is 4. The van der Waals surface area contributed by atoms with E-state index in [1.807, 2.05) is 4.90 Å². The molecule has 0 saturated carbocycles. The third kappa shape index (κ3) is 3.54. The summed E-state index contributed by atoms with van der Waals surface area (Å²) in [6, 6.07) is 2.99. The summed E-state index contributed by atoms with van der Waals surface area (Å²) in [6.07, 6.45) is 0. The molecule has 3 rings (SSSR count). The number of morpholine rings is 1. The van der Waals surface area contributed by atoms with Gasteiger partial charge in [-0.2, -0.15) is 9.97 Å². The molecule has 0 spiro atoms. The Bertz CT molecular complexity index is 743. The van der Waals surface area contributed by atoms with Gasteiger partial charge in [0.2, 0.25) is 11.8 Å². The summed E-state index contributed by atoms with van der Waals surface area (Å²) in [5.41, 5.74) is -0.236. The van der Waals surface area contributed by atoms with Gasteiger partial charge in [0.1, 0.15) is 0 Å². The number of aromatic nitrogens is 5. The molecule has 0 radical (unpaired) electrons. The van der Waals surface area contributed by atoms with Gasteiger partial charge in [-0.1, -0.05) is 0 Å². The van der Waals surface area contributed by atoms with Crippen molar-refractivity contribution in [3.8, 4) is 17.9 Å². The maximum absolute atomic E-state index is 11.3. The minimum atomic E-state index is -0.236. The fraction of sp³-hybridized carbons (Fsp3) is 0.462. The molecule has 2 aromatic rings. The van der Waals surface area contributed by atoms with Crippen LogP contribution < -0.4 is 19.9 Å². The third-order valence-corrected chi connectivity index (χ3v) is 3.19. The van der Waals surface area contributed by atoms with Crippen LogP contribution in [0.25, 0.3) is 0 Å². The van der Waals surface area contributed by atoms with Crippen molar-refractivity contribution in [1.29, 1.82) is 0 Å². The lowest BCUT2D eigenvalue weighted by molar-refractivity contribution is 0.122. The molecule has 1 aliphatic rings. The summed E-state index contributed by atoms with van der Waals surface area (Å²) < 4.78 is 17.1. The lowest BCUT2D eigenvalue weighted by Crippen LogP contribution is -2.37. The van der Waals surface area contributed by atoms with Crippen molar-refractivity contribution in [2.45, 2.75) is 0 Å². The van der Waals surface area contributed by atoms with Crippen LogP contribution in [0.5, 0.6) is 17.9 Å². The van der Waals surface area contributed by atoms with Crippen LogP contribution in [0.2, 0.25) is 0 Å². The second kappa shape index (κ2) is 6.57. The van der Waals surface area contributed by atoms with Gasteiger partial charge in [-0.25, -0.2) is 4.68 Å². The predicted molar refractivity (Wildman–Crippen MR) is 79.0 cm³/mol. The van der Waals surface area contributed by atoms with E-state index in [0.29, 0.717) is 32.3 Å². The average Bonchev–Trinajstić information content (AvgIpc) is 2.58. The number of anilines is 1. The molecule has 3 heterocycles. The fourth-order valence-corrected chi connectivity index (χ4v) is 2.00. The van der Waals surface area contributed by atoms with Crippen LogP contribution in [0, 0.1) is 0 Å². The molecular formula is C13H16N6O4. The van der Waals surface area contributed by atoms with E-state index in [1.165, 1.54) is 26.3 Å². The minimum Gasteiger partial charge on any atom is -0.467 e. The Balaban J connectivity index is 1.88. The fourth-order valence-electron chi connectivity index (χ4n) is 2.00. The van der Waals surface area contributed by atoms with Crippen LogP contribution in [0.15, 0.2) is 16.9 Å². The Morgan fingerprint density at radius 1 is 1.13 bits per heavy atom. The molecule has 1 fully saturated rings. The van der Waals surface area contributed by atoms with Gasteiger partial charge in [-0.15, -0.1) is 10.1 Å². The Kier molecular flexibility index (Phi) is 4.33. The first-order valence-electron chi connectivity index (χ1n) is 7.00. The van der Waals surface area contributed by atoms with Crippen LogP contribution in [-0.4, -0.2) is 58.1 Å². The SMILES string of the molecule is COc1nc(Oc2ccc(=O)n(C)n2)nc(N2CCOCC2)n1. The molecule has 0 N–H and O–H groups in total. The third-order valence-electron chi connectivity index (χ3n) is 3.19. The molecule has 122 valence electrons. The van der Waals surface area contributed by atoms with Gasteiger partial charge < -0.3 is 19.1 Å². The van der Waals surface area contributed by atoms with Gasteiger partial charge in [-0.3, -0.25) is 4.79 Å². The van der Waals surface area contributed by atoms with E-state index < -0.39 is 0 Å². The second-order valence-corrected chi connectivity index (χ2v) is 4.74. The van der Waals surface area contributed by atoms with E-state index in [1.54, 1.807) is 0 Å². The summed E-state index contributed by atoms with van der Waals surface area (Å²) in [5.74, 6) is 0.647. The zero-order valence-corrected chi connectivity index (χ0v) is 12.8. The molecule has 0 amide bonds. The van der Waals surface area contributed by atoms with Crippen LogP contribution in [0.3, 0.4) is 0 Å². The summed E-state index contributed by atoms with van der Waals surface area (Å²) in [6.45, 7) is 2.55. The molecule has 0 unspecified atom stereocenters. The lowest BCUT2D eigenvalue weighted by Gasteiger charge is -2.26. The zero-order chi connectivity index (χ0) is 16.2. The van der Waals surface area contributed by atoms with Gasteiger partial charge >= 0.3 is 12.0 Å². The number of methoxy groups -OCH3 is 1. The maximum atomic E-state index is 11.3. The van der Waals surface area contributed by atoms with Crippen molar-refractivity contribution in [2.75, 3.05) is 38.3 Å². The van der Waals surface area contributed by atoms with E-state index in [4.69, 9.17) is 14.2 Å². The van der Waals surface area contributed by atoms with Crippen LogP contribution in [-0.2, 0) is 11.8 Å². The summed E-state index contributed by atoms with van der Waals surface area (Å²) in [4.78, 5) is 25.8. The Morgan fingerprint density at radius 3 is 2.57 bits per heavy atom. The van der Waals surface area contributed by atoms with Crippen LogP contribution >= 0.6 is 0 Å². The Morgan fingerprint density at radius 2 is 1.87 bits per heavy atom. The van der Waals surface area contributed by atoms with Crippen molar-refractivity contribution in [2.24, 2.45) is 7.05 Å². The molecule has 0 bridgehead atoms. The van der Waals surface area contributed by atoms with E-state index in [2.05, 4.69) is 20.1 Å². The highest BCUT2D eigenvalue weighted by Gasteiger charge is 2.18. The minimum absolute atomic E-state index is 0.0458. The monoisotopic (exact) mass is 320 g/mol. The molecule has 1 saturated heterocycles. The molecule has 0 aliphatic carbocycles. The molecule has 0 aromatic carbocycles. The smallest absolute Gasteiger partial charge is 0.331 e. The zero-order valence-electron chi connectivity index (χ0n) is 12.8. The number of ether oxygens (including phenoxy) is 3. The molecule has 23 heavy (non-hydrogen) atoms. The second-order valence-electron chi connectivity index (χ2n) is 4.74. The van der Waals surface area contributed by atoms with Crippen molar-refractivity contribution in [3.63, 3.8) is 0 Å². The van der Waals surface area contributed by atoms with Crippen LogP contribution in [0.4, 0.5) is 5.95 Å². The summed E-state index contributed by atoms with van der Waals surface area (Å²) >= 11 is 0. The molecule has 10 heteroatoms. The standard InChI is InChI=1S/C13H16N6O4/c1-18-10(20)4-3-9(17-18)23-13-15-11(14-12(16-13)21-2)19-5-7-22-8-6-19/h3-4H,5-8H2,1-2H3. The normalized spacial score (nSPS) is 14.6. The highest BCUT2D eigenvalue weighted by Crippen LogP contribution is 2.20. The first-order chi connectivity index (χ1) is 11.2. The number of nitrogens with zero attached hydrogens (tertiary/aromatic N) is 6. The molecule has 0 atom stereocenters. The maximum Gasteiger partial charge on any atom is 0.331 e. The topological polar surface area (TPSA) is 104 Å². The molecule has 1 aliphatic heterocycles. The van der Waals surface area contributed by atoms with Crippen molar-refractivity contribution in [1.82, 2.24) is 24.7 Å². The lowest BCUT2D eigenvalue weighted by atomic mass is 10.4. The van der Waals surface area contributed by atoms with Crippen molar-refractivity contribution < 1.29 is 14.2 Å². The van der Waals surface area contributed by atoms with Gasteiger partial charge in [0.15, 0.2) is 0 Å². The Labute approximate surface area is 131 Å². The number of hydrogen-bond donors (Lipinski definition) is 0. The van der Waals surface area contributed by atoms with Gasteiger partial charge in [0, 0.05) is 32.3 Å². The highest BCUT2D eigenvalue weighted by molar-refractivity contribution is 5.33. The van der Waals surface area contributed by atoms with E-state index in [-0.39, 0.29) is 23.5 Å². The average molecular weight is 320 g/mol. The Hall–Kier alpha value is -2.75. The van der Waals surface area contributed by atoms with Crippen molar-refractivity contribution in [3.05, 3.63) is 22.5 Å². The van der Waals surface area contributed by atoms with Gasteiger partial charge in [-0.05, 0) is 0 Å². The quantitative estimate of drug-likeness (QED) is 0.744. The first-order valence-corrected chi connectivity index (χ1v) is 7.00. The van der Waals surface area contributed by atoms with Gasteiger partial charge in [0.05, 0.1) is 20.3 Å². The first kappa shape index (κ1) is 15.2. The summed E-state index contributed by atoms with van der Waals surface area (Å²) in [5, 5.41) is 3.97. The molecule has 10 nitrogen and oxygen atoms in total. The van der Waals surface area contributed by atoms with Crippen molar-refractivity contribution >= 4 is 5.95 Å². The summed E-state index contributed by atoms with van der Waals surface area (Å²) in [7, 11) is 3.00. The molecule has 2 aromatic heterocycles. The number of hydrogen-bond acceptors (Lipinski definition) is 9. The van der Waals surface area contributed by atoms with Gasteiger partial charge in [0.25, 0.3) is 5.56 Å². The number of aryl methyl sites for hydroxylation is 1. The predicted octanol–water partition coefficient (Wildman–Crippen LogP) is -0.397.